The number of nitrogens with zero attached hydrogens (tertiary/aromatic N) is 2. The van der Waals surface area contributed by atoms with Gasteiger partial charge < -0.3 is 9.84 Å². The van der Waals surface area contributed by atoms with E-state index in [0.29, 0.717) is 17.0 Å². The first-order valence-corrected chi connectivity index (χ1v) is 4.31. The summed E-state index contributed by atoms with van der Waals surface area (Å²) < 4.78 is 5.23. The number of hydrogen-bond acceptors (Lipinski definition) is 4. The molecule has 1 aromatic heterocycles. The molecule has 4 nitrogen and oxygen atoms in total. The van der Waals surface area contributed by atoms with Crippen molar-refractivity contribution in [3.8, 4) is 11.8 Å². The molecule has 14 heavy (non-hydrogen) atoms. The number of aromatic nitrogens is 1. The molecule has 0 spiro atoms. The maximum absolute atomic E-state index is 8.86. The number of aryl methyl sites for hydroxylation is 2. The third kappa shape index (κ3) is 2.21. The molecule has 1 rings (SSSR count). The van der Waals surface area contributed by atoms with E-state index in [1.165, 1.54) is 0 Å². The highest BCUT2D eigenvalue weighted by Crippen LogP contribution is 2.20. The number of rotatable bonds is 3. The van der Waals surface area contributed by atoms with Crippen LogP contribution in [0.4, 0.5) is 0 Å². The van der Waals surface area contributed by atoms with Crippen molar-refractivity contribution < 1.29 is 9.84 Å². The second-order valence-corrected chi connectivity index (χ2v) is 2.91. The van der Waals surface area contributed by atoms with Crippen molar-refractivity contribution in [1.82, 2.24) is 4.98 Å². The lowest BCUT2D eigenvalue weighted by Gasteiger charge is -2.08. The molecule has 1 aromatic rings. The molecule has 0 aliphatic carbocycles. The summed E-state index contributed by atoms with van der Waals surface area (Å²) in [6.45, 7) is 3.72. The van der Waals surface area contributed by atoms with E-state index in [9.17, 15) is 0 Å². The predicted octanol–water partition coefficient (Wildman–Crippen LogP) is 0.941. The topological polar surface area (TPSA) is 66.1 Å². The highest BCUT2D eigenvalue weighted by molar-refractivity contribution is 5.46. The maximum atomic E-state index is 8.86. The van der Waals surface area contributed by atoms with Crippen molar-refractivity contribution in [2.75, 3.05) is 13.2 Å². The van der Waals surface area contributed by atoms with Crippen molar-refractivity contribution >= 4 is 0 Å². The highest BCUT2D eigenvalue weighted by atomic mass is 16.5. The molecule has 0 bridgehead atoms. The molecule has 0 amide bonds. The van der Waals surface area contributed by atoms with Crippen LogP contribution in [-0.4, -0.2) is 23.3 Å². The Balaban J connectivity index is 3.07. The van der Waals surface area contributed by atoms with E-state index >= 15 is 0 Å². The molecule has 1 heterocycles. The van der Waals surface area contributed by atoms with Gasteiger partial charge in [-0.15, -0.1) is 0 Å². The Hall–Kier alpha value is -1.60. The molecule has 0 radical (unpaired) electrons. The normalized spacial score (nSPS) is 9.57. The van der Waals surface area contributed by atoms with Crippen LogP contribution in [0.1, 0.15) is 17.0 Å². The van der Waals surface area contributed by atoms with Crippen LogP contribution in [0.25, 0.3) is 0 Å². The van der Waals surface area contributed by atoms with Crippen molar-refractivity contribution in [2.24, 2.45) is 0 Å². The van der Waals surface area contributed by atoms with Gasteiger partial charge in [0.1, 0.15) is 24.0 Å². The number of nitriles is 1. The zero-order chi connectivity index (χ0) is 10.6. The summed E-state index contributed by atoms with van der Waals surface area (Å²) in [5.41, 5.74) is 1.89. The summed E-state index contributed by atoms with van der Waals surface area (Å²) in [6, 6.07) is 3.73. The van der Waals surface area contributed by atoms with Crippen LogP contribution in [0.3, 0.4) is 0 Å². The summed E-state index contributed by atoms with van der Waals surface area (Å²) in [6.07, 6.45) is 0. The second-order valence-electron chi connectivity index (χ2n) is 2.91. The Morgan fingerprint density at radius 2 is 2.29 bits per heavy atom. The van der Waals surface area contributed by atoms with Crippen LogP contribution < -0.4 is 4.74 Å². The number of ether oxygens (including phenoxy) is 1. The Morgan fingerprint density at radius 1 is 1.57 bits per heavy atom. The number of pyridine rings is 1. The minimum absolute atomic E-state index is 0.0642. The molecule has 0 fully saturated rings. The van der Waals surface area contributed by atoms with Crippen molar-refractivity contribution in [1.29, 1.82) is 5.26 Å². The molecule has 0 unspecified atom stereocenters. The van der Waals surface area contributed by atoms with Gasteiger partial charge in [-0.2, -0.15) is 5.26 Å². The van der Waals surface area contributed by atoms with E-state index in [-0.39, 0.29) is 13.2 Å². The molecule has 0 aliphatic heterocycles. The van der Waals surface area contributed by atoms with Crippen molar-refractivity contribution in [3.05, 3.63) is 23.0 Å². The Labute approximate surface area is 82.8 Å². The number of aliphatic hydroxyl groups excluding tert-OH is 1. The van der Waals surface area contributed by atoms with Crippen LogP contribution in [-0.2, 0) is 0 Å². The highest BCUT2D eigenvalue weighted by Gasteiger charge is 2.08. The number of aliphatic hydroxyl groups is 1. The molecule has 0 aliphatic rings. The Bertz CT molecular complexity index is 369. The Kier molecular flexibility index (Phi) is 3.43. The van der Waals surface area contributed by atoms with Crippen LogP contribution in [0.2, 0.25) is 0 Å². The minimum atomic E-state index is -0.0642. The zero-order valence-electron chi connectivity index (χ0n) is 8.24. The standard InChI is InChI=1S/C10H12N2O2/c1-7-5-10(14-4-3-13)9(6-11)8(2)12-7/h5,13H,3-4H2,1-2H3. The fourth-order valence-corrected chi connectivity index (χ4v) is 1.20. The smallest absolute Gasteiger partial charge is 0.140 e. The first-order chi connectivity index (χ1) is 6.69. The lowest BCUT2D eigenvalue weighted by molar-refractivity contribution is 0.201. The maximum Gasteiger partial charge on any atom is 0.140 e. The van der Waals surface area contributed by atoms with Crippen LogP contribution >= 0.6 is 0 Å². The third-order valence-electron chi connectivity index (χ3n) is 1.75. The zero-order valence-corrected chi connectivity index (χ0v) is 8.24. The van der Waals surface area contributed by atoms with Gasteiger partial charge >= 0.3 is 0 Å². The van der Waals surface area contributed by atoms with Crippen LogP contribution in [0.15, 0.2) is 6.07 Å². The molecule has 0 atom stereocenters. The average Bonchev–Trinajstić information content (AvgIpc) is 2.14. The van der Waals surface area contributed by atoms with Gasteiger partial charge in [-0.05, 0) is 13.8 Å². The van der Waals surface area contributed by atoms with Gasteiger partial charge in [0.05, 0.1) is 12.3 Å². The molecule has 0 saturated carbocycles. The Morgan fingerprint density at radius 3 is 2.86 bits per heavy atom. The molecule has 0 aromatic carbocycles. The summed E-state index contributed by atoms with van der Waals surface area (Å²) in [4.78, 5) is 4.15. The van der Waals surface area contributed by atoms with Gasteiger partial charge in [-0.1, -0.05) is 0 Å². The van der Waals surface area contributed by atoms with Crippen LogP contribution in [0, 0.1) is 25.2 Å². The SMILES string of the molecule is Cc1cc(OCCO)c(C#N)c(C)n1. The van der Waals surface area contributed by atoms with Crippen molar-refractivity contribution in [3.63, 3.8) is 0 Å². The lowest BCUT2D eigenvalue weighted by Crippen LogP contribution is -2.05. The quantitative estimate of drug-likeness (QED) is 0.774. The molecule has 74 valence electrons. The lowest BCUT2D eigenvalue weighted by atomic mass is 10.2. The first kappa shape index (κ1) is 10.5. The summed E-state index contributed by atoms with van der Waals surface area (Å²) >= 11 is 0. The van der Waals surface area contributed by atoms with Gasteiger partial charge in [-0.3, -0.25) is 4.98 Å². The number of hydrogen-bond donors (Lipinski definition) is 1. The van der Waals surface area contributed by atoms with Gasteiger partial charge in [0.2, 0.25) is 0 Å². The van der Waals surface area contributed by atoms with E-state index in [0.717, 1.165) is 5.69 Å². The van der Waals surface area contributed by atoms with E-state index in [1.807, 2.05) is 13.0 Å². The van der Waals surface area contributed by atoms with Gasteiger partial charge in [0.15, 0.2) is 0 Å². The van der Waals surface area contributed by atoms with Gasteiger partial charge in [0.25, 0.3) is 0 Å². The predicted molar refractivity (Wildman–Crippen MR) is 51.0 cm³/mol. The molecule has 0 saturated heterocycles. The second kappa shape index (κ2) is 4.58. The minimum Gasteiger partial charge on any atom is -0.490 e. The average molecular weight is 192 g/mol. The fraction of sp³-hybridized carbons (Fsp3) is 0.400. The third-order valence-corrected chi connectivity index (χ3v) is 1.75. The summed E-state index contributed by atoms with van der Waals surface area (Å²) in [7, 11) is 0. The largest absolute Gasteiger partial charge is 0.490 e. The first-order valence-electron chi connectivity index (χ1n) is 4.31. The fourth-order valence-electron chi connectivity index (χ4n) is 1.20. The van der Waals surface area contributed by atoms with E-state index in [1.54, 1.807) is 13.0 Å². The molecule has 1 N–H and O–H groups in total. The van der Waals surface area contributed by atoms with E-state index < -0.39 is 0 Å². The van der Waals surface area contributed by atoms with Gasteiger partial charge in [-0.25, -0.2) is 0 Å². The monoisotopic (exact) mass is 192 g/mol. The molecular formula is C10H12N2O2. The van der Waals surface area contributed by atoms with Crippen LogP contribution in [0.5, 0.6) is 5.75 Å². The van der Waals surface area contributed by atoms with E-state index in [4.69, 9.17) is 15.1 Å². The summed E-state index contributed by atoms with van der Waals surface area (Å²) in [5, 5.41) is 17.5. The summed E-state index contributed by atoms with van der Waals surface area (Å²) in [5.74, 6) is 0.492. The van der Waals surface area contributed by atoms with Gasteiger partial charge in [0, 0.05) is 11.8 Å². The van der Waals surface area contributed by atoms with Crippen molar-refractivity contribution in [2.45, 2.75) is 13.8 Å². The van der Waals surface area contributed by atoms with E-state index in [2.05, 4.69) is 4.98 Å². The molecular weight excluding hydrogens is 180 g/mol. The molecule has 4 heteroatoms.